The zero-order valence-corrected chi connectivity index (χ0v) is 17.9. The molecule has 10 nitrogen and oxygen atoms in total. The highest BCUT2D eigenvalue weighted by Gasteiger charge is 2.37. The van der Waals surface area contributed by atoms with E-state index in [4.69, 9.17) is 14.2 Å². The summed E-state index contributed by atoms with van der Waals surface area (Å²) in [4.78, 5) is 17.7. The molecule has 0 aliphatic carbocycles. The molecule has 1 aromatic rings. The van der Waals surface area contributed by atoms with Gasteiger partial charge in [0.2, 0.25) is 11.9 Å². The Balaban J connectivity index is 1.74. The first-order chi connectivity index (χ1) is 14.5. The third kappa shape index (κ3) is 4.55. The maximum absolute atomic E-state index is 9.58. The highest BCUT2D eigenvalue weighted by atomic mass is 16.5. The van der Waals surface area contributed by atoms with E-state index < -0.39 is 10.8 Å². The predicted octanol–water partition coefficient (Wildman–Crippen LogP) is 1.39. The lowest BCUT2D eigenvalue weighted by atomic mass is 9.80. The zero-order chi connectivity index (χ0) is 21.6. The van der Waals surface area contributed by atoms with Crippen molar-refractivity contribution in [3.63, 3.8) is 0 Å². The van der Waals surface area contributed by atoms with Gasteiger partial charge in [0.1, 0.15) is 0 Å². The molecule has 0 atom stereocenters. The molecule has 2 saturated heterocycles. The molecule has 2 aliphatic heterocycles. The van der Waals surface area contributed by atoms with Crippen molar-refractivity contribution >= 4 is 11.9 Å². The molecule has 0 bridgehead atoms. The van der Waals surface area contributed by atoms with Crippen molar-refractivity contribution in [2.75, 3.05) is 70.5 Å². The van der Waals surface area contributed by atoms with Crippen LogP contribution in [0.2, 0.25) is 0 Å². The molecule has 0 radical (unpaired) electrons. The summed E-state index contributed by atoms with van der Waals surface area (Å²) in [5.74, 6) is 1.10. The van der Waals surface area contributed by atoms with Crippen molar-refractivity contribution in [1.82, 2.24) is 15.0 Å². The van der Waals surface area contributed by atoms with E-state index in [1.807, 2.05) is 0 Å². The Kier molecular flexibility index (Phi) is 6.91. The van der Waals surface area contributed by atoms with Gasteiger partial charge in [-0.2, -0.15) is 25.5 Å². The summed E-state index contributed by atoms with van der Waals surface area (Å²) in [6.07, 6.45) is 2.75. The van der Waals surface area contributed by atoms with Crippen LogP contribution in [0.3, 0.4) is 0 Å². The molecule has 0 aromatic carbocycles. The third-order valence-corrected chi connectivity index (χ3v) is 6.10. The van der Waals surface area contributed by atoms with Gasteiger partial charge in [0.05, 0.1) is 43.3 Å². The van der Waals surface area contributed by atoms with Crippen LogP contribution in [0, 0.1) is 33.5 Å². The molecule has 0 unspecified atom stereocenters. The molecule has 1 aromatic heterocycles. The lowest BCUT2D eigenvalue weighted by Crippen LogP contribution is -2.44. The molecule has 0 saturated carbocycles. The molecular formula is C20H29N7O3. The second-order valence-electron chi connectivity index (χ2n) is 8.05. The average Bonchev–Trinajstić information content (AvgIpc) is 2.80. The van der Waals surface area contributed by atoms with Crippen molar-refractivity contribution in [2.45, 2.75) is 25.7 Å². The van der Waals surface area contributed by atoms with Gasteiger partial charge < -0.3 is 24.0 Å². The van der Waals surface area contributed by atoms with Crippen LogP contribution < -0.4 is 14.5 Å². The maximum atomic E-state index is 9.58. The van der Waals surface area contributed by atoms with Crippen LogP contribution in [0.25, 0.3) is 0 Å². The minimum Gasteiger partial charge on any atom is -0.467 e. The van der Waals surface area contributed by atoms with Crippen molar-refractivity contribution in [2.24, 2.45) is 10.8 Å². The van der Waals surface area contributed by atoms with Crippen LogP contribution in [0.15, 0.2) is 0 Å². The van der Waals surface area contributed by atoms with Crippen LogP contribution >= 0.6 is 0 Å². The van der Waals surface area contributed by atoms with Crippen LogP contribution in [-0.4, -0.2) is 75.7 Å². The van der Waals surface area contributed by atoms with Gasteiger partial charge >= 0.3 is 6.01 Å². The van der Waals surface area contributed by atoms with E-state index in [0.717, 1.165) is 0 Å². The lowest BCUT2D eigenvalue weighted by Gasteiger charge is -2.38. The van der Waals surface area contributed by atoms with Gasteiger partial charge in [0.15, 0.2) is 0 Å². The van der Waals surface area contributed by atoms with Crippen LogP contribution in [-0.2, 0) is 9.47 Å². The first kappa shape index (κ1) is 22.0. The van der Waals surface area contributed by atoms with E-state index in [2.05, 4.69) is 36.9 Å². The summed E-state index contributed by atoms with van der Waals surface area (Å²) < 4.78 is 15.8. The second kappa shape index (κ2) is 9.41. The van der Waals surface area contributed by atoms with Crippen LogP contribution in [0.1, 0.15) is 25.7 Å². The Bertz CT molecular complexity index is 741. The molecule has 2 aliphatic rings. The molecule has 30 heavy (non-hydrogen) atoms. The first-order valence-electron chi connectivity index (χ1n) is 10.1. The number of piperidine rings is 2. The van der Waals surface area contributed by atoms with Crippen LogP contribution in [0.5, 0.6) is 6.01 Å². The Labute approximate surface area is 177 Å². The number of hydrogen-bond acceptors (Lipinski definition) is 10. The second-order valence-corrected chi connectivity index (χ2v) is 8.05. The van der Waals surface area contributed by atoms with Crippen molar-refractivity contribution in [3.8, 4) is 18.1 Å². The molecular weight excluding hydrogens is 386 g/mol. The molecule has 3 rings (SSSR count). The van der Waals surface area contributed by atoms with E-state index >= 15 is 0 Å². The molecule has 0 N–H and O–H groups in total. The monoisotopic (exact) mass is 415 g/mol. The fourth-order valence-electron chi connectivity index (χ4n) is 4.11. The largest absolute Gasteiger partial charge is 0.467 e. The SMILES string of the molecule is COCC1(C#N)CCN(c2nc(OC)nc(N3CCC(C#N)(COC)CC3)n2)CC1. The molecule has 0 amide bonds. The van der Waals surface area contributed by atoms with E-state index in [-0.39, 0.29) is 6.01 Å². The first-order valence-corrected chi connectivity index (χ1v) is 10.1. The van der Waals surface area contributed by atoms with E-state index in [9.17, 15) is 10.5 Å². The number of rotatable bonds is 7. The molecule has 162 valence electrons. The lowest BCUT2D eigenvalue weighted by molar-refractivity contribution is 0.0977. The number of nitriles is 2. The Morgan fingerprint density at radius 2 is 1.17 bits per heavy atom. The summed E-state index contributed by atoms with van der Waals surface area (Å²) in [6, 6.07) is 5.11. The highest BCUT2D eigenvalue weighted by Crippen LogP contribution is 2.35. The quantitative estimate of drug-likeness (QED) is 0.646. The van der Waals surface area contributed by atoms with Gasteiger partial charge in [-0.3, -0.25) is 0 Å². The predicted molar refractivity (Wildman–Crippen MR) is 109 cm³/mol. The Morgan fingerprint density at radius 1 is 0.767 bits per heavy atom. The number of aromatic nitrogens is 3. The molecule has 10 heteroatoms. The van der Waals surface area contributed by atoms with E-state index in [1.165, 1.54) is 7.11 Å². The van der Waals surface area contributed by atoms with Crippen molar-refractivity contribution < 1.29 is 14.2 Å². The summed E-state index contributed by atoms with van der Waals surface area (Å²) in [6.45, 7) is 3.51. The van der Waals surface area contributed by atoms with Crippen molar-refractivity contribution in [1.29, 1.82) is 10.5 Å². The average molecular weight is 415 g/mol. The molecule has 2 fully saturated rings. The number of anilines is 2. The smallest absolute Gasteiger partial charge is 0.322 e. The minimum absolute atomic E-state index is 0.262. The zero-order valence-electron chi connectivity index (χ0n) is 17.9. The molecule has 0 spiro atoms. The summed E-state index contributed by atoms with van der Waals surface area (Å²) in [5, 5.41) is 19.2. The fourth-order valence-corrected chi connectivity index (χ4v) is 4.11. The van der Waals surface area contributed by atoms with Gasteiger partial charge in [0.25, 0.3) is 0 Å². The normalized spacial score (nSPS) is 20.3. The summed E-state index contributed by atoms with van der Waals surface area (Å²) in [5.41, 5.74) is -0.917. The van der Waals surface area contributed by atoms with Gasteiger partial charge in [-0.1, -0.05) is 0 Å². The minimum atomic E-state index is -0.458. The van der Waals surface area contributed by atoms with E-state index in [1.54, 1.807) is 14.2 Å². The number of nitrogens with zero attached hydrogens (tertiary/aromatic N) is 7. The van der Waals surface area contributed by atoms with Gasteiger partial charge in [-0.05, 0) is 25.7 Å². The third-order valence-electron chi connectivity index (χ3n) is 6.10. The number of ether oxygens (including phenoxy) is 3. The molecule has 3 heterocycles. The topological polar surface area (TPSA) is 120 Å². The van der Waals surface area contributed by atoms with Gasteiger partial charge in [0, 0.05) is 40.4 Å². The summed E-state index contributed by atoms with van der Waals surface area (Å²) in [7, 11) is 4.79. The maximum Gasteiger partial charge on any atom is 0.322 e. The standard InChI is InChI=1S/C20H29N7O3/c1-28-14-19(12-21)4-8-26(9-5-19)16-23-17(25-18(24-16)30-3)27-10-6-20(13-22,7-11-27)15-29-2/h4-11,14-15H2,1-3H3. The summed E-state index contributed by atoms with van der Waals surface area (Å²) >= 11 is 0. The van der Waals surface area contributed by atoms with Crippen molar-refractivity contribution in [3.05, 3.63) is 0 Å². The van der Waals surface area contributed by atoms with Gasteiger partial charge in [-0.25, -0.2) is 0 Å². The van der Waals surface area contributed by atoms with Crippen LogP contribution in [0.4, 0.5) is 11.9 Å². The fraction of sp³-hybridized carbons (Fsp3) is 0.750. The highest BCUT2D eigenvalue weighted by molar-refractivity contribution is 5.42. The Morgan fingerprint density at radius 3 is 1.47 bits per heavy atom. The number of methoxy groups -OCH3 is 3. The Hall–Kier alpha value is -2.69. The number of hydrogen-bond donors (Lipinski definition) is 0. The van der Waals surface area contributed by atoms with Gasteiger partial charge in [-0.15, -0.1) is 0 Å². The van der Waals surface area contributed by atoms with E-state index in [0.29, 0.717) is 77.0 Å².